The number of pyridine rings is 1. The maximum Gasteiger partial charge on any atom is 0.407 e. The first-order chi connectivity index (χ1) is 11.2. The summed E-state index contributed by atoms with van der Waals surface area (Å²) in [5, 5.41) is 6.89. The van der Waals surface area contributed by atoms with Gasteiger partial charge in [0.2, 0.25) is 0 Å². The molecule has 0 aliphatic carbocycles. The molecule has 1 atom stereocenters. The minimum atomic E-state index is -0.414. The molecule has 0 bridgehead atoms. The van der Waals surface area contributed by atoms with Crippen LogP contribution in [0.2, 0.25) is 0 Å². The van der Waals surface area contributed by atoms with Crippen molar-refractivity contribution in [3.63, 3.8) is 0 Å². The van der Waals surface area contributed by atoms with Gasteiger partial charge >= 0.3 is 6.09 Å². The zero-order valence-corrected chi connectivity index (χ0v) is 13.1. The highest BCUT2D eigenvalue weighted by Gasteiger charge is 2.17. The molecule has 0 saturated carbocycles. The predicted molar refractivity (Wildman–Crippen MR) is 83.6 cm³/mol. The molecule has 2 aromatic heterocycles. The Kier molecular flexibility index (Phi) is 4.87. The molecule has 0 radical (unpaired) electrons. The summed E-state index contributed by atoms with van der Waals surface area (Å²) < 4.78 is 12.2. The topological polar surface area (TPSA) is 78.3 Å². The third-order valence-electron chi connectivity index (χ3n) is 3.82. The summed E-state index contributed by atoms with van der Waals surface area (Å²) in [6.07, 6.45) is 5.78. The Labute approximate surface area is 134 Å². The van der Waals surface area contributed by atoms with Gasteiger partial charge in [0.1, 0.15) is 0 Å². The maximum absolute atomic E-state index is 11.7. The van der Waals surface area contributed by atoms with E-state index in [9.17, 15) is 4.79 Å². The normalized spacial score (nSPS) is 17.2. The van der Waals surface area contributed by atoms with Crippen molar-refractivity contribution in [2.45, 2.75) is 13.0 Å². The molecule has 23 heavy (non-hydrogen) atoms. The van der Waals surface area contributed by atoms with E-state index < -0.39 is 6.09 Å². The van der Waals surface area contributed by atoms with Crippen LogP contribution in [0.5, 0.6) is 0 Å². The number of aromatic nitrogens is 3. The van der Waals surface area contributed by atoms with Crippen molar-refractivity contribution in [2.75, 3.05) is 19.8 Å². The Hall–Kier alpha value is -2.41. The molecular formula is C16H20N4O3. The number of carbonyl (C=O) groups is 1. The number of nitrogens with zero attached hydrogens (tertiary/aromatic N) is 3. The zero-order chi connectivity index (χ0) is 16.1. The minimum Gasteiger partial charge on any atom is -0.449 e. The number of hydrogen-bond acceptors (Lipinski definition) is 5. The van der Waals surface area contributed by atoms with E-state index in [4.69, 9.17) is 9.47 Å². The van der Waals surface area contributed by atoms with E-state index in [1.165, 1.54) is 0 Å². The first kappa shape index (κ1) is 15.5. The quantitative estimate of drug-likeness (QED) is 0.909. The van der Waals surface area contributed by atoms with Gasteiger partial charge in [0.05, 0.1) is 18.9 Å². The third kappa shape index (κ3) is 4.07. The molecule has 3 heterocycles. The molecule has 7 nitrogen and oxygen atoms in total. The lowest BCUT2D eigenvalue weighted by atomic mass is 10.1. The molecule has 1 aliphatic heterocycles. The second kappa shape index (κ2) is 7.23. The smallest absolute Gasteiger partial charge is 0.407 e. The van der Waals surface area contributed by atoms with Crippen molar-refractivity contribution in [3.8, 4) is 11.3 Å². The predicted octanol–water partition coefficient (Wildman–Crippen LogP) is 1.74. The summed E-state index contributed by atoms with van der Waals surface area (Å²) in [5.74, 6) is 0.315. The van der Waals surface area contributed by atoms with Crippen molar-refractivity contribution in [3.05, 3.63) is 36.3 Å². The first-order valence-corrected chi connectivity index (χ1v) is 7.63. The van der Waals surface area contributed by atoms with Crippen molar-refractivity contribution in [2.24, 2.45) is 13.0 Å². The molecule has 1 saturated heterocycles. The number of ether oxygens (including phenoxy) is 2. The van der Waals surface area contributed by atoms with Crippen LogP contribution in [-0.4, -0.2) is 40.7 Å². The average molecular weight is 316 g/mol. The average Bonchev–Trinajstić information content (AvgIpc) is 3.22. The largest absolute Gasteiger partial charge is 0.449 e. The second-order valence-corrected chi connectivity index (χ2v) is 5.60. The van der Waals surface area contributed by atoms with E-state index in [1.807, 2.05) is 19.2 Å². The van der Waals surface area contributed by atoms with E-state index in [0.29, 0.717) is 25.7 Å². The molecule has 1 amide bonds. The molecular weight excluding hydrogens is 296 g/mol. The number of amides is 1. The number of hydrogen-bond donors (Lipinski definition) is 1. The van der Waals surface area contributed by atoms with Gasteiger partial charge in [-0.3, -0.25) is 9.67 Å². The van der Waals surface area contributed by atoms with Crippen molar-refractivity contribution >= 4 is 6.09 Å². The van der Waals surface area contributed by atoms with E-state index in [1.54, 1.807) is 23.3 Å². The summed E-state index contributed by atoms with van der Waals surface area (Å²) in [5.41, 5.74) is 2.84. The fraction of sp³-hybridized carbons (Fsp3) is 0.438. The lowest BCUT2D eigenvalue weighted by Crippen LogP contribution is -2.26. The summed E-state index contributed by atoms with van der Waals surface area (Å²) in [4.78, 5) is 16.0. The molecule has 1 aliphatic rings. The SMILES string of the molecule is Cn1nccc1-c1cncc(CNC(=O)OCC2CCOC2)c1. The molecule has 1 unspecified atom stereocenters. The number of nitrogens with one attached hydrogen (secondary N) is 1. The fourth-order valence-electron chi connectivity index (χ4n) is 2.51. The van der Waals surface area contributed by atoms with E-state index in [0.717, 1.165) is 29.8 Å². The summed E-state index contributed by atoms with van der Waals surface area (Å²) in [6.45, 7) is 2.20. The van der Waals surface area contributed by atoms with Gasteiger partial charge in [0.25, 0.3) is 0 Å². The molecule has 3 rings (SSSR count). The summed E-state index contributed by atoms with van der Waals surface area (Å²) in [7, 11) is 1.88. The molecule has 1 N–H and O–H groups in total. The Morgan fingerprint density at radius 2 is 2.43 bits per heavy atom. The number of carbonyl (C=O) groups excluding carboxylic acids is 1. The first-order valence-electron chi connectivity index (χ1n) is 7.63. The van der Waals surface area contributed by atoms with Gasteiger partial charge in [-0.25, -0.2) is 4.79 Å². The van der Waals surface area contributed by atoms with Gasteiger partial charge in [-0.05, 0) is 24.1 Å². The van der Waals surface area contributed by atoms with Gasteiger partial charge in [-0.15, -0.1) is 0 Å². The highest BCUT2D eigenvalue weighted by molar-refractivity contribution is 5.67. The van der Waals surface area contributed by atoms with Crippen LogP contribution in [0.25, 0.3) is 11.3 Å². The van der Waals surface area contributed by atoms with Gasteiger partial charge < -0.3 is 14.8 Å². The Bertz CT molecular complexity index is 665. The Morgan fingerprint density at radius 3 is 3.17 bits per heavy atom. The molecule has 2 aromatic rings. The summed E-state index contributed by atoms with van der Waals surface area (Å²) in [6, 6.07) is 3.90. The lowest BCUT2D eigenvalue weighted by molar-refractivity contribution is 0.116. The second-order valence-electron chi connectivity index (χ2n) is 5.60. The van der Waals surface area contributed by atoms with Gasteiger partial charge in [0, 0.05) is 50.3 Å². The van der Waals surface area contributed by atoms with Gasteiger partial charge in [-0.2, -0.15) is 5.10 Å². The Morgan fingerprint density at radius 1 is 1.52 bits per heavy atom. The molecule has 122 valence electrons. The standard InChI is InChI=1S/C16H20N4O3/c1-20-15(2-4-19-20)14-6-13(7-17-9-14)8-18-16(21)23-11-12-3-5-22-10-12/h2,4,6-7,9,12H,3,5,8,10-11H2,1H3,(H,18,21). The van der Waals surface area contributed by atoms with Crippen molar-refractivity contribution < 1.29 is 14.3 Å². The maximum atomic E-state index is 11.7. The highest BCUT2D eigenvalue weighted by atomic mass is 16.6. The van der Waals surface area contributed by atoms with Crippen molar-refractivity contribution in [1.29, 1.82) is 0 Å². The van der Waals surface area contributed by atoms with Crippen LogP contribution in [0, 0.1) is 5.92 Å². The molecule has 0 spiro atoms. The highest BCUT2D eigenvalue weighted by Crippen LogP contribution is 2.18. The van der Waals surface area contributed by atoms with Crippen molar-refractivity contribution in [1.82, 2.24) is 20.1 Å². The van der Waals surface area contributed by atoms with Crippen LogP contribution >= 0.6 is 0 Å². The Balaban J connectivity index is 1.52. The van der Waals surface area contributed by atoms with E-state index in [-0.39, 0.29) is 0 Å². The molecule has 1 fully saturated rings. The zero-order valence-electron chi connectivity index (χ0n) is 13.1. The van der Waals surface area contributed by atoms with Crippen LogP contribution in [0.3, 0.4) is 0 Å². The third-order valence-corrected chi connectivity index (χ3v) is 3.82. The van der Waals surface area contributed by atoms with Gasteiger partial charge in [-0.1, -0.05) is 0 Å². The molecule has 0 aromatic carbocycles. The van der Waals surface area contributed by atoms with Crippen LogP contribution in [0.15, 0.2) is 30.7 Å². The van der Waals surface area contributed by atoms with Crippen LogP contribution in [0.4, 0.5) is 4.79 Å². The fourth-order valence-corrected chi connectivity index (χ4v) is 2.51. The van der Waals surface area contributed by atoms with E-state index >= 15 is 0 Å². The number of rotatable bonds is 5. The molecule has 7 heteroatoms. The van der Waals surface area contributed by atoms with E-state index in [2.05, 4.69) is 15.4 Å². The summed E-state index contributed by atoms with van der Waals surface area (Å²) >= 11 is 0. The van der Waals surface area contributed by atoms with Gasteiger partial charge in [0.15, 0.2) is 0 Å². The monoisotopic (exact) mass is 316 g/mol. The van der Waals surface area contributed by atoms with Crippen LogP contribution < -0.4 is 5.32 Å². The van der Waals surface area contributed by atoms with Crippen LogP contribution in [-0.2, 0) is 23.1 Å². The number of aryl methyl sites for hydroxylation is 1. The lowest BCUT2D eigenvalue weighted by Gasteiger charge is -2.10. The van der Waals surface area contributed by atoms with Crippen LogP contribution in [0.1, 0.15) is 12.0 Å². The number of alkyl carbamates (subject to hydrolysis) is 1. The minimum absolute atomic E-state index is 0.315.